The number of halogens is 4. The van der Waals surface area contributed by atoms with Gasteiger partial charge in [-0.1, -0.05) is 39.1 Å². The van der Waals surface area contributed by atoms with Crippen LogP contribution in [0.3, 0.4) is 0 Å². The van der Waals surface area contributed by atoms with E-state index in [0.717, 1.165) is 10.5 Å². The molecule has 0 atom stereocenters. The molecule has 2 rings (SSSR count). The molecule has 2 aromatic rings. The number of rotatable bonds is 2. The van der Waals surface area contributed by atoms with Crippen molar-refractivity contribution in [1.82, 2.24) is 0 Å². The molecule has 0 aliphatic heterocycles. The fourth-order valence-corrected chi connectivity index (χ4v) is 2.23. The Labute approximate surface area is 127 Å². The number of amides is 1. The molecule has 98 valence electrons. The molecule has 6 heteroatoms. The Morgan fingerprint density at radius 1 is 1.11 bits per heavy atom. The Morgan fingerprint density at radius 3 is 2.53 bits per heavy atom. The zero-order valence-corrected chi connectivity index (χ0v) is 12.5. The van der Waals surface area contributed by atoms with Gasteiger partial charge in [-0.25, -0.2) is 4.39 Å². The maximum atomic E-state index is 12.9. The second kappa shape index (κ2) is 5.90. The largest absolute Gasteiger partial charge is 0.321 e. The van der Waals surface area contributed by atoms with E-state index in [1.54, 1.807) is 18.2 Å². The van der Waals surface area contributed by atoms with E-state index in [1.807, 2.05) is 0 Å². The van der Waals surface area contributed by atoms with Gasteiger partial charge in [-0.15, -0.1) is 0 Å². The van der Waals surface area contributed by atoms with Gasteiger partial charge in [0, 0.05) is 4.47 Å². The molecule has 0 saturated carbocycles. The van der Waals surface area contributed by atoms with Crippen LogP contribution < -0.4 is 5.32 Å². The molecule has 0 spiro atoms. The van der Waals surface area contributed by atoms with Gasteiger partial charge in [-0.05, 0) is 36.4 Å². The second-order valence-electron chi connectivity index (χ2n) is 3.70. The number of nitrogens with one attached hydrogen (secondary N) is 1. The summed E-state index contributed by atoms with van der Waals surface area (Å²) in [6, 6.07) is 8.65. The van der Waals surface area contributed by atoms with E-state index in [1.165, 1.54) is 12.1 Å². The summed E-state index contributed by atoms with van der Waals surface area (Å²) >= 11 is 15.0. The van der Waals surface area contributed by atoms with E-state index in [2.05, 4.69) is 21.2 Å². The van der Waals surface area contributed by atoms with E-state index < -0.39 is 11.7 Å². The first kappa shape index (κ1) is 14.3. The van der Waals surface area contributed by atoms with Crippen LogP contribution in [0.15, 0.2) is 40.9 Å². The molecular weight excluding hydrogens is 356 g/mol. The first-order valence-electron chi connectivity index (χ1n) is 5.19. The Balaban J connectivity index is 2.28. The van der Waals surface area contributed by atoms with Gasteiger partial charge in [-0.3, -0.25) is 4.79 Å². The number of carbonyl (C=O) groups excluding carboxylic acids is 1. The van der Waals surface area contributed by atoms with Gasteiger partial charge >= 0.3 is 0 Å². The number of benzene rings is 2. The van der Waals surface area contributed by atoms with Crippen molar-refractivity contribution >= 4 is 50.7 Å². The van der Waals surface area contributed by atoms with Crippen LogP contribution in [0.4, 0.5) is 10.1 Å². The fraction of sp³-hybridized carbons (Fsp3) is 0. The number of carbonyl (C=O) groups is 1. The molecule has 0 aromatic heterocycles. The number of hydrogen-bond acceptors (Lipinski definition) is 1. The summed E-state index contributed by atoms with van der Waals surface area (Å²) in [4.78, 5) is 12.1. The van der Waals surface area contributed by atoms with E-state index in [0.29, 0.717) is 16.3 Å². The monoisotopic (exact) mass is 361 g/mol. The highest BCUT2D eigenvalue weighted by Crippen LogP contribution is 2.25. The van der Waals surface area contributed by atoms with Crippen molar-refractivity contribution in [2.24, 2.45) is 0 Å². The molecule has 1 N–H and O–H groups in total. The summed E-state index contributed by atoms with van der Waals surface area (Å²) < 4.78 is 13.6. The van der Waals surface area contributed by atoms with Crippen molar-refractivity contribution in [1.29, 1.82) is 0 Å². The predicted molar refractivity (Wildman–Crippen MR) is 78.5 cm³/mol. The third kappa shape index (κ3) is 3.47. The SMILES string of the molecule is O=C(Nc1ccc(F)cc1Cl)c1cc(Br)ccc1Cl. The molecule has 2 aromatic carbocycles. The quantitative estimate of drug-likeness (QED) is 0.786. The van der Waals surface area contributed by atoms with Gasteiger partial charge in [0.05, 0.1) is 21.3 Å². The minimum atomic E-state index is -0.469. The molecule has 0 aliphatic rings. The lowest BCUT2D eigenvalue weighted by atomic mass is 10.2. The normalized spacial score (nSPS) is 10.3. The molecule has 1 amide bonds. The topological polar surface area (TPSA) is 29.1 Å². The average molecular weight is 363 g/mol. The van der Waals surface area contributed by atoms with E-state index in [9.17, 15) is 9.18 Å². The summed E-state index contributed by atoms with van der Waals surface area (Å²) in [6.45, 7) is 0. The van der Waals surface area contributed by atoms with Gasteiger partial charge in [0.2, 0.25) is 0 Å². The molecule has 0 aliphatic carbocycles. The second-order valence-corrected chi connectivity index (χ2v) is 5.43. The van der Waals surface area contributed by atoms with Crippen LogP contribution in [0.1, 0.15) is 10.4 Å². The highest BCUT2D eigenvalue weighted by molar-refractivity contribution is 9.10. The zero-order valence-electron chi connectivity index (χ0n) is 9.38. The Bertz CT molecular complexity index is 649. The van der Waals surface area contributed by atoms with E-state index in [4.69, 9.17) is 23.2 Å². The van der Waals surface area contributed by atoms with Crippen LogP contribution >= 0.6 is 39.1 Å². The maximum absolute atomic E-state index is 12.9. The average Bonchev–Trinajstić information content (AvgIpc) is 2.35. The van der Waals surface area contributed by atoms with Gasteiger partial charge < -0.3 is 5.32 Å². The lowest BCUT2D eigenvalue weighted by Crippen LogP contribution is -2.12. The summed E-state index contributed by atoms with van der Waals surface area (Å²) in [5.74, 6) is -0.886. The molecule has 0 unspecified atom stereocenters. The van der Waals surface area contributed by atoms with Crippen LogP contribution in [0.2, 0.25) is 10.0 Å². The van der Waals surface area contributed by atoms with E-state index in [-0.39, 0.29) is 5.02 Å². The maximum Gasteiger partial charge on any atom is 0.257 e. The lowest BCUT2D eigenvalue weighted by Gasteiger charge is -2.08. The van der Waals surface area contributed by atoms with Crippen LogP contribution in [0, 0.1) is 5.82 Å². The smallest absolute Gasteiger partial charge is 0.257 e. The Morgan fingerprint density at radius 2 is 1.84 bits per heavy atom. The summed E-state index contributed by atoms with van der Waals surface area (Å²) in [5, 5.41) is 3.02. The Hall–Kier alpha value is -1.10. The van der Waals surface area contributed by atoms with Crippen LogP contribution in [-0.4, -0.2) is 5.91 Å². The lowest BCUT2D eigenvalue weighted by molar-refractivity contribution is 0.102. The summed E-state index contributed by atoms with van der Waals surface area (Å²) in [5.41, 5.74) is 0.626. The molecular formula is C13H7BrCl2FNO. The first-order valence-corrected chi connectivity index (χ1v) is 6.74. The third-order valence-electron chi connectivity index (χ3n) is 2.35. The van der Waals surface area contributed by atoms with Gasteiger partial charge in [0.25, 0.3) is 5.91 Å². The number of hydrogen-bond donors (Lipinski definition) is 1. The van der Waals surface area contributed by atoms with Gasteiger partial charge in [0.15, 0.2) is 0 Å². The van der Waals surface area contributed by atoms with Gasteiger partial charge in [0.1, 0.15) is 5.82 Å². The third-order valence-corrected chi connectivity index (χ3v) is 3.49. The predicted octanol–water partition coefficient (Wildman–Crippen LogP) is 5.15. The summed E-state index contributed by atoms with van der Waals surface area (Å²) in [7, 11) is 0. The Kier molecular flexibility index (Phi) is 4.45. The molecule has 0 radical (unpaired) electrons. The highest BCUT2D eigenvalue weighted by atomic mass is 79.9. The van der Waals surface area contributed by atoms with Crippen molar-refractivity contribution in [2.75, 3.05) is 5.32 Å². The van der Waals surface area contributed by atoms with Crippen molar-refractivity contribution in [3.8, 4) is 0 Å². The van der Waals surface area contributed by atoms with Crippen LogP contribution in [-0.2, 0) is 0 Å². The first-order chi connectivity index (χ1) is 8.97. The molecule has 2 nitrogen and oxygen atoms in total. The van der Waals surface area contributed by atoms with Crippen LogP contribution in [0.25, 0.3) is 0 Å². The molecule has 19 heavy (non-hydrogen) atoms. The molecule has 0 fully saturated rings. The van der Waals surface area contributed by atoms with Crippen LogP contribution in [0.5, 0.6) is 0 Å². The zero-order chi connectivity index (χ0) is 14.0. The standard InChI is InChI=1S/C13H7BrCl2FNO/c14-7-1-3-10(15)9(5-7)13(19)18-12-4-2-8(17)6-11(12)16/h1-6H,(H,18,19). The minimum absolute atomic E-state index is 0.125. The van der Waals surface area contributed by atoms with Crippen molar-refractivity contribution in [3.05, 3.63) is 62.3 Å². The van der Waals surface area contributed by atoms with E-state index >= 15 is 0 Å². The summed E-state index contributed by atoms with van der Waals surface area (Å²) in [6.07, 6.45) is 0. The van der Waals surface area contributed by atoms with Gasteiger partial charge in [-0.2, -0.15) is 0 Å². The fourth-order valence-electron chi connectivity index (χ4n) is 1.45. The number of anilines is 1. The highest BCUT2D eigenvalue weighted by Gasteiger charge is 2.13. The molecule has 0 heterocycles. The van der Waals surface area contributed by atoms with Crippen molar-refractivity contribution in [2.45, 2.75) is 0 Å². The molecule has 0 saturated heterocycles. The minimum Gasteiger partial charge on any atom is -0.321 e. The van der Waals surface area contributed by atoms with Crippen molar-refractivity contribution < 1.29 is 9.18 Å². The van der Waals surface area contributed by atoms with Crippen molar-refractivity contribution in [3.63, 3.8) is 0 Å². The molecule has 0 bridgehead atoms.